The molecule has 3 aromatic heterocycles. The molecule has 0 saturated carbocycles. The van der Waals surface area contributed by atoms with Crippen LogP contribution in [-0.4, -0.2) is 13.7 Å². The van der Waals surface area contributed by atoms with Crippen molar-refractivity contribution in [2.45, 2.75) is 19.3 Å². The minimum Gasteiger partial charge on any atom is -0.310 e. The van der Waals surface area contributed by atoms with Crippen molar-refractivity contribution in [1.29, 1.82) is 0 Å². The molecule has 16 rings (SSSR count). The van der Waals surface area contributed by atoms with E-state index in [2.05, 4.69) is 312 Å². The number of rotatable bonds is 8. The van der Waals surface area contributed by atoms with E-state index in [-0.39, 0.29) is 5.41 Å². The van der Waals surface area contributed by atoms with Gasteiger partial charge in [0.2, 0.25) is 0 Å². The van der Waals surface area contributed by atoms with Crippen molar-refractivity contribution >= 4 is 82.5 Å². The molecule has 4 nitrogen and oxygen atoms in total. The molecule has 0 aliphatic heterocycles. The summed E-state index contributed by atoms with van der Waals surface area (Å²) in [6.45, 7) is 4.79. The summed E-state index contributed by atoms with van der Waals surface area (Å²) in [5, 5.41) is 7.57. The summed E-state index contributed by atoms with van der Waals surface area (Å²) < 4.78 is 7.20. The lowest BCUT2D eigenvalue weighted by Crippen LogP contribution is -2.17. The lowest BCUT2D eigenvalue weighted by atomic mass is 9.82. The summed E-state index contributed by atoms with van der Waals surface area (Å²) in [6.07, 6.45) is 0. The average molecular weight is 1010 g/mol. The van der Waals surface area contributed by atoms with Crippen LogP contribution in [0.3, 0.4) is 0 Å². The number of anilines is 3. The second-order valence-corrected chi connectivity index (χ2v) is 21.7. The van der Waals surface area contributed by atoms with E-state index in [0.717, 1.165) is 22.7 Å². The van der Waals surface area contributed by atoms with Crippen molar-refractivity contribution in [2.75, 3.05) is 4.90 Å². The van der Waals surface area contributed by atoms with Crippen LogP contribution in [0.5, 0.6) is 0 Å². The Bertz CT molecular complexity index is 4790. The number of benzene rings is 12. The second-order valence-electron chi connectivity index (χ2n) is 21.7. The number of aromatic nitrogens is 3. The lowest BCUT2D eigenvalue weighted by Gasteiger charge is -2.28. The van der Waals surface area contributed by atoms with Crippen molar-refractivity contribution in [2.24, 2.45) is 0 Å². The summed E-state index contributed by atoms with van der Waals surface area (Å²) in [5.41, 5.74) is 23.8. The first-order valence-corrected chi connectivity index (χ1v) is 27.4. The summed E-state index contributed by atoms with van der Waals surface area (Å²) in [5.74, 6) is 0. The zero-order chi connectivity index (χ0) is 52.3. The normalized spacial score (nSPS) is 12.8. The first-order chi connectivity index (χ1) is 38.9. The van der Waals surface area contributed by atoms with E-state index in [1.807, 2.05) is 0 Å². The van der Waals surface area contributed by atoms with E-state index in [1.165, 1.54) is 121 Å². The zero-order valence-electron chi connectivity index (χ0n) is 43.8. The Morgan fingerprint density at radius 2 is 0.595 bits per heavy atom. The SMILES string of the molecule is CC1(C)c2cc(N(c3ccc(-c4ccc(-c5ccc6c(c5)c5ccccc5n6-c5ccccc5)cc4)cc3)c3ccc(-n4c5ccccc5c5ccccc54)cc3)ccc2-c2ccc(-n3c4ccccc4c4ccccc43)cc21. The van der Waals surface area contributed by atoms with Gasteiger partial charge in [0, 0.05) is 71.9 Å². The molecule has 1 aliphatic rings. The smallest absolute Gasteiger partial charge is 0.0541 e. The van der Waals surface area contributed by atoms with Gasteiger partial charge >= 0.3 is 0 Å². The van der Waals surface area contributed by atoms with E-state index < -0.39 is 0 Å². The van der Waals surface area contributed by atoms with Gasteiger partial charge in [0.25, 0.3) is 0 Å². The van der Waals surface area contributed by atoms with Crippen molar-refractivity contribution in [1.82, 2.24) is 13.7 Å². The maximum atomic E-state index is 2.44. The summed E-state index contributed by atoms with van der Waals surface area (Å²) in [7, 11) is 0. The molecule has 0 fully saturated rings. The molecule has 4 heteroatoms. The van der Waals surface area contributed by atoms with Crippen LogP contribution in [0.15, 0.2) is 279 Å². The third-order valence-corrected chi connectivity index (χ3v) is 17.0. The fourth-order valence-corrected chi connectivity index (χ4v) is 13.3. The molecule has 1 aliphatic carbocycles. The fourth-order valence-electron chi connectivity index (χ4n) is 13.3. The van der Waals surface area contributed by atoms with Gasteiger partial charge in [0.05, 0.1) is 33.1 Å². The van der Waals surface area contributed by atoms with Gasteiger partial charge in [-0.3, -0.25) is 0 Å². The first-order valence-electron chi connectivity index (χ1n) is 27.4. The van der Waals surface area contributed by atoms with Gasteiger partial charge in [0.1, 0.15) is 0 Å². The topological polar surface area (TPSA) is 18.0 Å². The molecule has 372 valence electrons. The minimum absolute atomic E-state index is 0.260. The average Bonchev–Trinajstić information content (AvgIpc) is 4.42. The largest absolute Gasteiger partial charge is 0.310 e. The van der Waals surface area contributed by atoms with Crippen LogP contribution in [0, 0.1) is 0 Å². The summed E-state index contributed by atoms with van der Waals surface area (Å²) in [6, 6.07) is 103. The molecule has 0 spiro atoms. The van der Waals surface area contributed by atoms with Crippen LogP contribution in [0.2, 0.25) is 0 Å². The molecule has 0 amide bonds. The Labute approximate surface area is 458 Å². The van der Waals surface area contributed by atoms with Gasteiger partial charge in [0.15, 0.2) is 0 Å². The molecule has 0 unspecified atom stereocenters. The number of nitrogens with zero attached hydrogens (tertiary/aromatic N) is 4. The molecule has 79 heavy (non-hydrogen) atoms. The molecular formula is C75H52N4. The molecular weight excluding hydrogens is 957 g/mol. The molecule has 0 N–H and O–H groups in total. The standard InChI is InChI=1S/C75H52N4/c1-75(2)67-47-57(41-43-59(67)60-44-42-58(48-68(60)75)79-71-25-13-8-20-63(71)64-21-9-14-26-72(64)79)76(55-37-39-56(40-38-55)78-69-23-11-6-18-61(69)62-19-7-12-24-70(62)78)54-35-32-50(33-36-54)49-28-30-51(31-29-49)52-34-45-74-66(46-52)65-22-10-15-27-73(65)77(74)53-16-4-3-5-17-53/h3-48H,1-2H3. The highest BCUT2D eigenvalue weighted by atomic mass is 15.1. The van der Waals surface area contributed by atoms with Crippen LogP contribution in [0.1, 0.15) is 25.0 Å². The highest BCUT2D eigenvalue weighted by Crippen LogP contribution is 2.52. The predicted octanol–water partition coefficient (Wildman–Crippen LogP) is 20.1. The van der Waals surface area contributed by atoms with E-state index in [1.54, 1.807) is 0 Å². The van der Waals surface area contributed by atoms with Crippen LogP contribution >= 0.6 is 0 Å². The van der Waals surface area contributed by atoms with Crippen molar-refractivity contribution in [3.63, 3.8) is 0 Å². The van der Waals surface area contributed by atoms with Gasteiger partial charge < -0.3 is 18.6 Å². The number of hydrogen-bond acceptors (Lipinski definition) is 1. The third kappa shape index (κ3) is 6.94. The number of hydrogen-bond donors (Lipinski definition) is 0. The zero-order valence-corrected chi connectivity index (χ0v) is 43.8. The van der Waals surface area contributed by atoms with Gasteiger partial charge in [-0.2, -0.15) is 0 Å². The summed E-state index contributed by atoms with van der Waals surface area (Å²) in [4.78, 5) is 2.43. The fraction of sp³-hybridized carbons (Fsp3) is 0.0400. The molecule has 12 aromatic carbocycles. The van der Waals surface area contributed by atoms with Crippen LogP contribution in [-0.2, 0) is 5.41 Å². The Morgan fingerprint density at radius 3 is 1.11 bits per heavy atom. The highest BCUT2D eigenvalue weighted by Gasteiger charge is 2.37. The quantitative estimate of drug-likeness (QED) is 0.148. The Balaban J connectivity index is 0.768. The van der Waals surface area contributed by atoms with Gasteiger partial charge in [-0.05, 0) is 160 Å². The summed E-state index contributed by atoms with van der Waals surface area (Å²) >= 11 is 0. The molecule has 0 radical (unpaired) electrons. The minimum atomic E-state index is -0.260. The maximum absolute atomic E-state index is 2.44. The van der Waals surface area contributed by atoms with E-state index >= 15 is 0 Å². The Kier molecular flexibility index (Phi) is 9.95. The van der Waals surface area contributed by atoms with Gasteiger partial charge in [-0.25, -0.2) is 0 Å². The Hall–Kier alpha value is -10.2. The molecule has 15 aromatic rings. The molecule has 0 bridgehead atoms. The highest BCUT2D eigenvalue weighted by molar-refractivity contribution is 6.12. The number of para-hydroxylation sites is 6. The van der Waals surface area contributed by atoms with Crippen molar-refractivity contribution in [3.05, 3.63) is 290 Å². The maximum Gasteiger partial charge on any atom is 0.0541 e. The number of fused-ring (bicyclic) bond motifs is 12. The lowest BCUT2D eigenvalue weighted by molar-refractivity contribution is 0.660. The van der Waals surface area contributed by atoms with Crippen molar-refractivity contribution in [3.8, 4) is 50.4 Å². The van der Waals surface area contributed by atoms with Crippen LogP contribution in [0.25, 0.3) is 116 Å². The van der Waals surface area contributed by atoms with E-state index in [4.69, 9.17) is 0 Å². The van der Waals surface area contributed by atoms with Crippen molar-refractivity contribution < 1.29 is 0 Å². The van der Waals surface area contributed by atoms with E-state index in [0.29, 0.717) is 0 Å². The van der Waals surface area contributed by atoms with Gasteiger partial charge in [-0.1, -0.05) is 178 Å². The van der Waals surface area contributed by atoms with Gasteiger partial charge in [-0.15, -0.1) is 0 Å². The monoisotopic (exact) mass is 1010 g/mol. The molecule has 3 heterocycles. The van der Waals surface area contributed by atoms with E-state index in [9.17, 15) is 0 Å². The molecule has 0 atom stereocenters. The predicted molar refractivity (Wildman–Crippen MR) is 333 cm³/mol. The second kappa shape index (κ2) is 17.4. The van der Waals surface area contributed by atoms with Crippen LogP contribution < -0.4 is 4.90 Å². The third-order valence-electron chi connectivity index (χ3n) is 17.0. The molecule has 0 saturated heterocycles. The Morgan fingerprint density at radius 1 is 0.253 bits per heavy atom. The first kappa shape index (κ1) is 45.1. The van der Waals surface area contributed by atoms with Crippen LogP contribution in [0.4, 0.5) is 17.1 Å².